The lowest BCUT2D eigenvalue weighted by Crippen LogP contribution is -2.27. The molecule has 0 spiro atoms. The maximum Gasteiger partial charge on any atom is 0.255 e. The quantitative estimate of drug-likeness (QED) is 0.439. The molecular formula is C17H11F3N4OS2. The van der Waals surface area contributed by atoms with Gasteiger partial charge in [0, 0.05) is 33.7 Å². The Balaban J connectivity index is 1.51. The molecule has 0 saturated carbocycles. The van der Waals surface area contributed by atoms with Gasteiger partial charge >= 0.3 is 0 Å². The van der Waals surface area contributed by atoms with Crippen molar-refractivity contribution >= 4 is 40.6 Å². The third kappa shape index (κ3) is 3.64. The second-order valence-electron chi connectivity index (χ2n) is 5.63. The molecule has 27 heavy (non-hydrogen) atoms. The van der Waals surface area contributed by atoms with Gasteiger partial charge in [-0.3, -0.25) is 4.79 Å². The highest BCUT2D eigenvalue weighted by Gasteiger charge is 2.22. The highest BCUT2D eigenvalue weighted by atomic mass is 32.2. The summed E-state index contributed by atoms with van der Waals surface area (Å²) in [5.41, 5.74) is 3.56. The summed E-state index contributed by atoms with van der Waals surface area (Å²) in [6, 6.07) is 6.42. The van der Waals surface area contributed by atoms with Gasteiger partial charge in [-0.05, 0) is 30.1 Å². The van der Waals surface area contributed by atoms with Crippen molar-refractivity contribution in [2.24, 2.45) is 0 Å². The number of hydrogen-bond acceptors (Lipinski definition) is 6. The molecule has 10 heteroatoms. The minimum absolute atomic E-state index is 0.154. The standard InChI is InChI=1S/C17H11F3N4OS2/c18-10-4-9(5-11(19)15(10)20)22-17(25)8-1-2-12-14(3-8)27-24-16(23-12)13-6-26-7-21-13/h1-7,16,23-24H,(H,22,25). The number of halogens is 3. The van der Waals surface area contributed by atoms with Crippen molar-refractivity contribution in [1.29, 1.82) is 0 Å². The molecule has 0 aliphatic carbocycles. The molecule has 1 atom stereocenters. The summed E-state index contributed by atoms with van der Waals surface area (Å²) in [7, 11) is 0. The number of nitrogens with zero attached hydrogens (tertiary/aromatic N) is 1. The molecule has 0 radical (unpaired) electrons. The van der Waals surface area contributed by atoms with E-state index in [9.17, 15) is 18.0 Å². The van der Waals surface area contributed by atoms with Crippen LogP contribution < -0.4 is 15.4 Å². The van der Waals surface area contributed by atoms with Crippen LogP contribution in [-0.4, -0.2) is 10.9 Å². The average molecular weight is 408 g/mol. The Morgan fingerprint density at radius 2 is 1.93 bits per heavy atom. The van der Waals surface area contributed by atoms with Gasteiger partial charge in [0.15, 0.2) is 17.5 Å². The van der Waals surface area contributed by atoms with Crippen molar-refractivity contribution in [2.75, 3.05) is 10.6 Å². The Labute approximate surface area is 160 Å². The number of amides is 1. The molecule has 5 nitrogen and oxygen atoms in total. The molecule has 1 amide bonds. The van der Waals surface area contributed by atoms with Crippen LogP contribution in [0.3, 0.4) is 0 Å². The van der Waals surface area contributed by atoms with E-state index < -0.39 is 23.4 Å². The van der Waals surface area contributed by atoms with E-state index in [1.165, 1.54) is 23.3 Å². The maximum absolute atomic E-state index is 13.3. The Morgan fingerprint density at radius 3 is 2.63 bits per heavy atom. The molecular weight excluding hydrogens is 397 g/mol. The monoisotopic (exact) mass is 408 g/mol. The molecule has 3 N–H and O–H groups in total. The molecule has 1 aliphatic rings. The predicted octanol–water partition coefficient (Wildman–Crippen LogP) is 4.53. The summed E-state index contributed by atoms with van der Waals surface area (Å²) < 4.78 is 42.8. The lowest BCUT2D eigenvalue weighted by Gasteiger charge is -2.26. The van der Waals surface area contributed by atoms with Gasteiger partial charge in [-0.25, -0.2) is 22.9 Å². The predicted molar refractivity (Wildman–Crippen MR) is 98.2 cm³/mol. The van der Waals surface area contributed by atoms with Crippen LogP contribution in [0, 0.1) is 17.5 Å². The molecule has 1 unspecified atom stereocenters. The number of hydrogen-bond donors (Lipinski definition) is 3. The largest absolute Gasteiger partial charge is 0.363 e. The molecule has 0 fully saturated rings. The number of fused-ring (bicyclic) bond motifs is 1. The van der Waals surface area contributed by atoms with Gasteiger partial charge in [-0.15, -0.1) is 11.3 Å². The third-order valence-electron chi connectivity index (χ3n) is 3.82. The van der Waals surface area contributed by atoms with Gasteiger partial charge in [-0.1, -0.05) is 0 Å². The fourth-order valence-corrected chi connectivity index (χ4v) is 3.93. The zero-order chi connectivity index (χ0) is 19.0. The van der Waals surface area contributed by atoms with E-state index in [0.717, 1.165) is 28.4 Å². The van der Waals surface area contributed by atoms with Crippen LogP contribution in [0.15, 0.2) is 46.1 Å². The lowest BCUT2D eigenvalue weighted by atomic mass is 10.1. The van der Waals surface area contributed by atoms with Gasteiger partial charge in [0.05, 0.1) is 16.9 Å². The molecule has 0 saturated heterocycles. The summed E-state index contributed by atoms with van der Waals surface area (Å²) >= 11 is 2.84. The molecule has 0 bridgehead atoms. The Hall–Kier alpha value is -2.56. The van der Waals surface area contributed by atoms with Crippen molar-refractivity contribution in [3.8, 4) is 0 Å². The molecule has 2 heterocycles. The summed E-state index contributed by atoms with van der Waals surface area (Å²) in [6.45, 7) is 0. The van der Waals surface area contributed by atoms with Gasteiger partial charge in [-0.2, -0.15) is 0 Å². The number of rotatable bonds is 3. The highest BCUT2D eigenvalue weighted by Crippen LogP contribution is 2.35. The van der Waals surface area contributed by atoms with Crippen molar-refractivity contribution in [3.05, 3.63) is 69.9 Å². The first-order chi connectivity index (χ1) is 13.0. The van der Waals surface area contributed by atoms with Crippen LogP contribution in [0.4, 0.5) is 24.5 Å². The Kier molecular flexibility index (Phi) is 4.77. The maximum atomic E-state index is 13.3. The van der Waals surface area contributed by atoms with E-state index >= 15 is 0 Å². The van der Waals surface area contributed by atoms with Crippen LogP contribution in [0.25, 0.3) is 0 Å². The molecule has 3 aromatic rings. The van der Waals surface area contributed by atoms with Crippen molar-refractivity contribution in [3.63, 3.8) is 0 Å². The van der Waals surface area contributed by atoms with E-state index in [4.69, 9.17) is 0 Å². The highest BCUT2D eigenvalue weighted by molar-refractivity contribution is 7.97. The van der Waals surface area contributed by atoms with E-state index in [1.54, 1.807) is 23.7 Å². The second-order valence-corrected chi connectivity index (χ2v) is 7.23. The zero-order valence-electron chi connectivity index (χ0n) is 13.4. The number of benzene rings is 2. The minimum atomic E-state index is -1.58. The fraction of sp³-hybridized carbons (Fsp3) is 0.0588. The average Bonchev–Trinajstić information content (AvgIpc) is 3.20. The van der Waals surface area contributed by atoms with Crippen LogP contribution in [0.2, 0.25) is 0 Å². The number of nitrogens with one attached hydrogen (secondary N) is 3. The first kappa shape index (κ1) is 17.8. The van der Waals surface area contributed by atoms with Gasteiger partial charge in [0.25, 0.3) is 5.91 Å². The van der Waals surface area contributed by atoms with Crippen LogP contribution in [-0.2, 0) is 0 Å². The van der Waals surface area contributed by atoms with Crippen LogP contribution in [0.5, 0.6) is 0 Å². The molecule has 138 valence electrons. The molecule has 1 aliphatic heterocycles. The van der Waals surface area contributed by atoms with Gasteiger partial charge in [0.1, 0.15) is 6.17 Å². The summed E-state index contributed by atoms with van der Waals surface area (Å²) in [4.78, 5) is 17.4. The summed E-state index contributed by atoms with van der Waals surface area (Å²) in [5.74, 6) is -4.88. The number of carbonyl (C=O) groups excluding carboxylic acids is 1. The number of carbonyl (C=O) groups is 1. The van der Waals surface area contributed by atoms with Gasteiger partial charge < -0.3 is 10.6 Å². The fourth-order valence-electron chi connectivity index (χ4n) is 2.50. The molecule has 4 rings (SSSR count). The summed E-state index contributed by atoms with van der Waals surface area (Å²) in [5, 5.41) is 7.57. The first-order valence-corrected chi connectivity index (χ1v) is 9.44. The van der Waals surface area contributed by atoms with E-state index in [1.807, 2.05) is 5.38 Å². The van der Waals surface area contributed by atoms with E-state index in [0.29, 0.717) is 5.56 Å². The smallest absolute Gasteiger partial charge is 0.255 e. The minimum Gasteiger partial charge on any atom is -0.363 e. The number of aromatic nitrogens is 1. The number of thiazole rings is 1. The lowest BCUT2D eigenvalue weighted by molar-refractivity contribution is 0.102. The zero-order valence-corrected chi connectivity index (χ0v) is 15.1. The van der Waals surface area contributed by atoms with Crippen LogP contribution in [0.1, 0.15) is 22.2 Å². The summed E-state index contributed by atoms with van der Waals surface area (Å²) in [6.07, 6.45) is -0.154. The van der Waals surface area contributed by atoms with E-state index in [2.05, 4.69) is 20.3 Å². The van der Waals surface area contributed by atoms with Crippen molar-refractivity contribution < 1.29 is 18.0 Å². The molecule has 2 aromatic carbocycles. The van der Waals surface area contributed by atoms with Crippen molar-refractivity contribution in [1.82, 2.24) is 9.71 Å². The topological polar surface area (TPSA) is 66.0 Å². The normalized spacial score (nSPS) is 15.7. The number of anilines is 2. The van der Waals surface area contributed by atoms with Gasteiger partial charge in [0.2, 0.25) is 0 Å². The SMILES string of the molecule is O=C(Nc1cc(F)c(F)c(F)c1)c1ccc2c(c1)SNC(c1cscn1)N2. The Morgan fingerprint density at radius 1 is 1.15 bits per heavy atom. The Bertz CT molecular complexity index is 990. The second kappa shape index (κ2) is 7.22. The van der Waals surface area contributed by atoms with E-state index in [-0.39, 0.29) is 11.9 Å². The first-order valence-electron chi connectivity index (χ1n) is 7.68. The third-order valence-corrected chi connectivity index (χ3v) is 5.34. The van der Waals surface area contributed by atoms with Crippen LogP contribution >= 0.6 is 23.3 Å². The molecule has 1 aromatic heterocycles. The van der Waals surface area contributed by atoms with Crippen molar-refractivity contribution in [2.45, 2.75) is 11.1 Å².